The summed E-state index contributed by atoms with van der Waals surface area (Å²) >= 11 is 0. The van der Waals surface area contributed by atoms with Crippen LogP contribution >= 0.6 is 0 Å². The zero-order chi connectivity index (χ0) is 33.7. The molecule has 8 rings (SSSR count). The Morgan fingerprint density at radius 3 is 1.14 bits per heavy atom. The van der Waals surface area contributed by atoms with Crippen molar-refractivity contribution in [1.29, 1.82) is 5.26 Å². The number of benzene rings is 8. The Hall–Kier alpha value is -6.75. The molecule has 0 saturated heterocycles. The fraction of sp³-hybridized carbons (Fsp3) is 0. The Labute approximate surface area is 293 Å². The maximum Gasteiger partial charge on any atom is 0.0991 e. The lowest BCUT2D eigenvalue weighted by Gasteiger charge is -2.18. The second-order valence-corrected chi connectivity index (χ2v) is 12.4. The van der Waals surface area contributed by atoms with E-state index < -0.39 is 0 Å². The SMILES string of the molecule is N#Cc1ccc(/C=C/c2ccc(-c3c4ccccc4c(-c4ccc(C=C(c5ccccc5)c5ccccc5)cc4)c4ccccc34)cc2)cc1. The average molecular weight is 636 g/mol. The summed E-state index contributed by atoms with van der Waals surface area (Å²) in [7, 11) is 0. The van der Waals surface area contributed by atoms with Gasteiger partial charge in [-0.05, 0) is 95.4 Å². The maximum atomic E-state index is 9.09. The quantitative estimate of drug-likeness (QED) is 0.126. The minimum atomic E-state index is 0.669. The first-order valence-corrected chi connectivity index (χ1v) is 16.9. The van der Waals surface area contributed by atoms with Gasteiger partial charge in [-0.15, -0.1) is 0 Å². The summed E-state index contributed by atoms with van der Waals surface area (Å²) in [6.07, 6.45) is 6.49. The van der Waals surface area contributed by atoms with E-state index in [-0.39, 0.29) is 0 Å². The summed E-state index contributed by atoms with van der Waals surface area (Å²) < 4.78 is 0. The van der Waals surface area contributed by atoms with E-state index in [1.807, 2.05) is 24.3 Å². The monoisotopic (exact) mass is 635 g/mol. The van der Waals surface area contributed by atoms with Crippen LogP contribution in [0.3, 0.4) is 0 Å². The molecule has 0 bridgehead atoms. The fourth-order valence-corrected chi connectivity index (χ4v) is 6.85. The van der Waals surface area contributed by atoms with Crippen LogP contribution in [-0.2, 0) is 0 Å². The predicted octanol–water partition coefficient (Wildman–Crippen LogP) is 13.0. The van der Waals surface area contributed by atoms with Crippen LogP contribution in [0.5, 0.6) is 0 Å². The molecule has 0 spiro atoms. The molecule has 1 heteroatoms. The number of hydrogen-bond donors (Lipinski definition) is 0. The van der Waals surface area contributed by atoms with Crippen LogP contribution in [0.4, 0.5) is 0 Å². The summed E-state index contributed by atoms with van der Waals surface area (Å²) in [5.41, 5.74) is 12.5. The smallest absolute Gasteiger partial charge is 0.0991 e. The lowest BCUT2D eigenvalue weighted by molar-refractivity contribution is 1.48. The predicted molar refractivity (Wildman–Crippen MR) is 212 cm³/mol. The summed E-state index contributed by atoms with van der Waals surface area (Å²) in [5.74, 6) is 0. The van der Waals surface area contributed by atoms with E-state index in [1.165, 1.54) is 60.5 Å². The van der Waals surface area contributed by atoms with E-state index in [9.17, 15) is 0 Å². The second-order valence-electron chi connectivity index (χ2n) is 12.4. The van der Waals surface area contributed by atoms with Crippen molar-refractivity contribution in [3.8, 4) is 28.3 Å². The molecule has 0 atom stereocenters. The van der Waals surface area contributed by atoms with Gasteiger partial charge < -0.3 is 0 Å². The summed E-state index contributed by atoms with van der Waals surface area (Å²) in [6.45, 7) is 0. The number of fused-ring (bicyclic) bond motifs is 2. The molecule has 0 amide bonds. The molecule has 0 radical (unpaired) electrons. The van der Waals surface area contributed by atoms with E-state index in [0.717, 1.165) is 16.7 Å². The minimum absolute atomic E-state index is 0.669. The van der Waals surface area contributed by atoms with Crippen molar-refractivity contribution in [3.63, 3.8) is 0 Å². The normalized spacial score (nSPS) is 11.1. The molecular weight excluding hydrogens is 603 g/mol. The zero-order valence-corrected chi connectivity index (χ0v) is 27.5. The van der Waals surface area contributed by atoms with Crippen LogP contribution in [0.15, 0.2) is 182 Å². The molecule has 50 heavy (non-hydrogen) atoms. The first kappa shape index (κ1) is 30.6. The van der Waals surface area contributed by atoms with Gasteiger partial charge in [0, 0.05) is 0 Å². The van der Waals surface area contributed by atoms with Crippen molar-refractivity contribution in [2.24, 2.45) is 0 Å². The number of nitriles is 1. The van der Waals surface area contributed by atoms with Crippen LogP contribution in [0, 0.1) is 11.3 Å². The molecule has 0 aliphatic carbocycles. The van der Waals surface area contributed by atoms with Crippen molar-refractivity contribution in [1.82, 2.24) is 0 Å². The molecule has 8 aromatic rings. The molecule has 0 N–H and O–H groups in total. The largest absolute Gasteiger partial charge is 0.192 e. The van der Waals surface area contributed by atoms with Crippen molar-refractivity contribution < 1.29 is 0 Å². The van der Waals surface area contributed by atoms with Gasteiger partial charge in [0.1, 0.15) is 0 Å². The first-order chi connectivity index (χ1) is 24.7. The zero-order valence-electron chi connectivity index (χ0n) is 27.5. The van der Waals surface area contributed by atoms with Crippen molar-refractivity contribution in [3.05, 3.63) is 215 Å². The third kappa shape index (κ3) is 6.15. The van der Waals surface area contributed by atoms with Crippen molar-refractivity contribution in [2.45, 2.75) is 0 Å². The molecule has 0 aliphatic rings. The molecule has 0 aromatic heterocycles. The molecule has 0 fully saturated rings. The molecule has 234 valence electrons. The van der Waals surface area contributed by atoms with Gasteiger partial charge in [-0.3, -0.25) is 0 Å². The number of nitrogens with zero attached hydrogens (tertiary/aromatic N) is 1. The Morgan fingerprint density at radius 1 is 0.380 bits per heavy atom. The van der Waals surface area contributed by atoms with Crippen molar-refractivity contribution in [2.75, 3.05) is 0 Å². The molecule has 1 nitrogen and oxygen atoms in total. The number of hydrogen-bond acceptors (Lipinski definition) is 1. The van der Waals surface area contributed by atoms with Gasteiger partial charge in [0.2, 0.25) is 0 Å². The van der Waals surface area contributed by atoms with Crippen LogP contribution in [-0.4, -0.2) is 0 Å². The Bertz CT molecular complexity index is 2430. The molecule has 0 aliphatic heterocycles. The molecule has 8 aromatic carbocycles. The second kappa shape index (κ2) is 13.8. The Morgan fingerprint density at radius 2 is 0.740 bits per heavy atom. The van der Waals surface area contributed by atoms with Crippen LogP contribution in [0.2, 0.25) is 0 Å². The highest BCUT2D eigenvalue weighted by atomic mass is 14.2. The lowest BCUT2D eigenvalue weighted by Crippen LogP contribution is -1.91. The number of rotatable bonds is 7. The van der Waals surface area contributed by atoms with Crippen LogP contribution in [0.25, 0.3) is 67.6 Å². The van der Waals surface area contributed by atoms with Gasteiger partial charge in [-0.2, -0.15) is 5.26 Å². The third-order valence-corrected chi connectivity index (χ3v) is 9.32. The van der Waals surface area contributed by atoms with Crippen LogP contribution < -0.4 is 0 Å². The standard InChI is InChI=1S/C49H33N/c50-34-38-23-21-35(22-24-38)19-20-36-25-29-41(30-26-36)48-43-15-7-9-17-45(43)49(46-18-10-8-16-44(46)48)42-31-27-37(28-32-42)33-47(39-11-3-1-4-12-39)40-13-5-2-6-14-40/h1-33H/b20-19+. The highest BCUT2D eigenvalue weighted by Crippen LogP contribution is 2.43. The first-order valence-electron chi connectivity index (χ1n) is 16.9. The van der Waals surface area contributed by atoms with Gasteiger partial charge in [0.05, 0.1) is 11.6 Å². The minimum Gasteiger partial charge on any atom is -0.192 e. The Kier molecular flexibility index (Phi) is 8.42. The van der Waals surface area contributed by atoms with Gasteiger partial charge in [-0.1, -0.05) is 182 Å². The highest BCUT2D eigenvalue weighted by molar-refractivity contribution is 6.21. The molecular formula is C49H33N. The van der Waals surface area contributed by atoms with Gasteiger partial charge in [-0.25, -0.2) is 0 Å². The van der Waals surface area contributed by atoms with Gasteiger partial charge in [0.25, 0.3) is 0 Å². The van der Waals surface area contributed by atoms with Gasteiger partial charge in [0.15, 0.2) is 0 Å². The van der Waals surface area contributed by atoms with E-state index in [1.54, 1.807) is 0 Å². The summed E-state index contributed by atoms with van der Waals surface area (Å²) in [4.78, 5) is 0. The van der Waals surface area contributed by atoms with Crippen molar-refractivity contribution >= 4 is 45.3 Å². The van der Waals surface area contributed by atoms with Gasteiger partial charge >= 0.3 is 0 Å². The summed E-state index contributed by atoms with van der Waals surface area (Å²) in [5, 5.41) is 14.0. The van der Waals surface area contributed by atoms with Crippen LogP contribution in [0.1, 0.15) is 33.4 Å². The molecule has 0 heterocycles. The molecule has 0 saturated carbocycles. The summed E-state index contributed by atoms with van der Waals surface area (Å²) in [6, 6.07) is 66.4. The van der Waals surface area contributed by atoms with E-state index >= 15 is 0 Å². The average Bonchev–Trinajstić information content (AvgIpc) is 3.19. The third-order valence-electron chi connectivity index (χ3n) is 9.32. The molecule has 0 unspecified atom stereocenters. The van der Waals surface area contributed by atoms with E-state index in [4.69, 9.17) is 5.26 Å². The lowest BCUT2D eigenvalue weighted by atomic mass is 9.85. The maximum absolute atomic E-state index is 9.09. The highest BCUT2D eigenvalue weighted by Gasteiger charge is 2.16. The van der Waals surface area contributed by atoms with E-state index in [2.05, 4.69) is 182 Å². The Balaban J connectivity index is 1.19. The topological polar surface area (TPSA) is 23.8 Å². The fourth-order valence-electron chi connectivity index (χ4n) is 6.85. The van der Waals surface area contributed by atoms with E-state index in [0.29, 0.717) is 5.56 Å².